The van der Waals surface area contributed by atoms with Crippen molar-refractivity contribution in [2.75, 3.05) is 11.2 Å². The van der Waals surface area contributed by atoms with Crippen LogP contribution < -0.4 is 16.4 Å². The molecule has 0 aliphatic heterocycles. The lowest BCUT2D eigenvalue weighted by molar-refractivity contribution is -0.114. The molecule has 4 amide bonds. The summed E-state index contributed by atoms with van der Waals surface area (Å²) in [5, 5.41) is 4.08. The minimum Gasteiger partial charge on any atom is -0.448 e. The van der Waals surface area contributed by atoms with Crippen molar-refractivity contribution in [2.24, 2.45) is 5.73 Å². The first kappa shape index (κ1) is 12.1. The average Bonchev–Trinajstić information content (AvgIpc) is 2.64. The standard InChI is InChI=1S/C8H8ClN3O4/c9-3-5(13)11-7-4(1-2-16-7)6(14)12-8(10)15/h1-2H,3H2,(H,11,13)(H3,10,12,14,15). The minimum absolute atomic E-state index is 0.0164. The first-order valence-corrected chi connectivity index (χ1v) is 4.62. The van der Waals surface area contributed by atoms with Crippen LogP contribution in [-0.4, -0.2) is 23.7 Å². The number of nitrogens with two attached hydrogens (primary N) is 1. The molecule has 0 atom stereocenters. The molecule has 0 spiro atoms. The van der Waals surface area contributed by atoms with Gasteiger partial charge in [0.15, 0.2) is 0 Å². The van der Waals surface area contributed by atoms with E-state index in [1.807, 2.05) is 5.32 Å². The summed E-state index contributed by atoms with van der Waals surface area (Å²) in [5.41, 5.74) is 4.75. The number of rotatable bonds is 3. The van der Waals surface area contributed by atoms with Crippen LogP contribution in [0.5, 0.6) is 0 Å². The van der Waals surface area contributed by atoms with Crippen LogP contribution in [0.1, 0.15) is 10.4 Å². The van der Waals surface area contributed by atoms with Crippen molar-refractivity contribution in [3.8, 4) is 0 Å². The molecule has 0 aliphatic rings. The number of hydrogen-bond donors (Lipinski definition) is 3. The number of primary amides is 1. The second-order valence-corrected chi connectivity index (χ2v) is 2.93. The Kier molecular flexibility index (Phi) is 3.90. The summed E-state index contributed by atoms with van der Waals surface area (Å²) in [6, 6.07) is 0.281. The number of imide groups is 1. The third kappa shape index (κ3) is 2.99. The van der Waals surface area contributed by atoms with Gasteiger partial charge >= 0.3 is 6.03 Å². The van der Waals surface area contributed by atoms with Crippen molar-refractivity contribution in [1.82, 2.24) is 5.32 Å². The lowest BCUT2D eigenvalue weighted by atomic mass is 10.3. The van der Waals surface area contributed by atoms with Crippen LogP contribution in [0.4, 0.5) is 10.7 Å². The predicted molar refractivity (Wildman–Crippen MR) is 55.1 cm³/mol. The normalized spacial score (nSPS) is 9.56. The number of hydrogen-bond acceptors (Lipinski definition) is 4. The number of furan rings is 1. The van der Waals surface area contributed by atoms with Crippen LogP contribution in [0.3, 0.4) is 0 Å². The van der Waals surface area contributed by atoms with E-state index in [0.717, 1.165) is 0 Å². The number of alkyl halides is 1. The number of amides is 4. The van der Waals surface area contributed by atoms with Crippen LogP contribution in [0, 0.1) is 0 Å². The summed E-state index contributed by atoms with van der Waals surface area (Å²) in [4.78, 5) is 32.7. The zero-order chi connectivity index (χ0) is 12.1. The van der Waals surface area contributed by atoms with E-state index in [-0.39, 0.29) is 17.3 Å². The van der Waals surface area contributed by atoms with Gasteiger partial charge in [0.05, 0.1) is 6.26 Å². The Morgan fingerprint density at radius 2 is 2.12 bits per heavy atom. The molecule has 0 saturated carbocycles. The molecule has 1 rings (SSSR count). The highest BCUT2D eigenvalue weighted by molar-refractivity contribution is 6.29. The number of carbonyl (C=O) groups is 3. The van der Waals surface area contributed by atoms with Crippen molar-refractivity contribution in [2.45, 2.75) is 0 Å². The molecule has 0 saturated heterocycles. The van der Waals surface area contributed by atoms with E-state index < -0.39 is 17.8 Å². The summed E-state index contributed by atoms with van der Waals surface area (Å²) in [5.74, 6) is -1.68. The van der Waals surface area contributed by atoms with Gasteiger partial charge in [-0.15, -0.1) is 11.6 Å². The maximum absolute atomic E-state index is 11.4. The van der Waals surface area contributed by atoms with E-state index in [9.17, 15) is 14.4 Å². The number of anilines is 1. The summed E-state index contributed by atoms with van der Waals surface area (Å²) in [6.07, 6.45) is 1.18. The molecule has 0 bridgehead atoms. The van der Waals surface area contributed by atoms with Crippen LogP contribution in [-0.2, 0) is 4.79 Å². The van der Waals surface area contributed by atoms with E-state index in [1.54, 1.807) is 0 Å². The summed E-state index contributed by atoms with van der Waals surface area (Å²) in [7, 11) is 0. The first-order valence-electron chi connectivity index (χ1n) is 4.08. The molecule has 1 aromatic rings. The minimum atomic E-state index is -0.999. The molecule has 1 aromatic heterocycles. The molecule has 0 aliphatic carbocycles. The molecule has 0 radical (unpaired) electrons. The summed E-state index contributed by atoms with van der Waals surface area (Å²) in [6.45, 7) is 0. The van der Waals surface area contributed by atoms with Crippen LogP contribution in [0.25, 0.3) is 0 Å². The van der Waals surface area contributed by atoms with Crippen molar-refractivity contribution in [1.29, 1.82) is 0 Å². The Labute approximate surface area is 94.9 Å². The topological polar surface area (TPSA) is 114 Å². The Morgan fingerprint density at radius 1 is 1.44 bits per heavy atom. The van der Waals surface area contributed by atoms with E-state index >= 15 is 0 Å². The fraction of sp³-hybridized carbons (Fsp3) is 0.125. The van der Waals surface area contributed by atoms with E-state index in [2.05, 4.69) is 5.32 Å². The van der Waals surface area contributed by atoms with Crippen LogP contribution in [0.2, 0.25) is 0 Å². The number of nitrogens with one attached hydrogen (secondary N) is 2. The number of carbonyl (C=O) groups excluding carboxylic acids is 3. The Bertz CT molecular complexity index is 429. The van der Waals surface area contributed by atoms with Crippen molar-refractivity contribution in [3.63, 3.8) is 0 Å². The molecule has 4 N–H and O–H groups in total. The van der Waals surface area contributed by atoms with E-state index in [4.69, 9.17) is 21.8 Å². The molecule has 16 heavy (non-hydrogen) atoms. The molecule has 8 heteroatoms. The highest BCUT2D eigenvalue weighted by Gasteiger charge is 2.17. The van der Waals surface area contributed by atoms with Gasteiger partial charge in [-0.25, -0.2) is 4.79 Å². The molecule has 1 heterocycles. The molecular formula is C8H8ClN3O4. The van der Waals surface area contributed by atoms with Crippen LogP contribution in [0.15, 0.2) is 16.7 Å². The van der Waals surface area contributed by atoms with Gasteiger partial charge in [-0.2, -0.15) is 0 Å². The lowest BCUT2D eigenvalue weighted by Gasteiger charge is -2.02. The highest BCUT2D eigenvalue weighted by Crippen LogP contribution is 2.16. The number of urea groups is 1. The molecule has 0 fully saturated rings. The van der Waals surface area contributed by atoms with Gasteiger partial charge in [0.1, 0.15) is 11.4 Å². The van der Waals surface area contributed by atoms with Gasteiger partial charge in [-0.05, 0) is 6.07 Å². The summed E-state index contributed by atoms with van der Waals surface area (Å²) >= 11 is 5.26. The van der Waals surface area contributed by atoms with Crippen LogP contribution >= 0.6 is 11.6 Å². The zero-order valence-corrected chi connectivity index (χ0v) is 8.71. The third-order valence-electron chi connectivity index (χ3n) is 1.52. The predicted octanol–water partition coefficient (Wildman–Crippen LogP) is 0.265. The lowest BCUT2D eigenvalue weighted by Crippen LogP contribution is -2.35. The van der Waals surface area contributed by atoms with Crippen molar-refractivity contribution < 1.29 is 18.8 Å². The second-order valence-electron chi connectivity index (χ2n) is 2.66. The second kappa shape index (κ2) is 5.17. The largest absolute Gasteiger partial charge is 0.448 e. The Morgan fingerprint density at radius 3 is 2.69 bits per heavy atom. The van der Waals surface area contributed by atoms with Gasteiger partial charge in [-0.1, -0.05) is 0 Å². The maximum Gasteiger partial charge on any atom is 0.319 e. The summed E-state index contributed by atoms with van der Waals surface area (Å²) < 4.78 is 4.84. The third-order valence-corrected chi connectivity index (χ3v) is 1.76. The molecular weight excluding hydrogens is 238 g/mol. The van der Waals surface area contributed by atoms with Gasteiger partial charge < -0.3 is 10.2 Å². The SMILES string of the molecule is NC(=O)NC(=O)c1ccoc1NC(=O)CCl. The maximum atomic E-state index is 11.4. The van der Waals surface area contributed by atoms with E-state index in [0.29, 0.717) is 0 Å². The molecule has 0 aromatic carbocycles. The zero-order valence-electron chi connectivity index (χ0n) is 7.95. The van der Waals surface area contributed by atoms with Gasteiger partial charge in [0, 0.05) is 0 Å². The molecule has 0 unspecified atom stereocenters. The fourth-order valence-corrected chi connectivity index (χ4v) is 0.991. The quantitative estimate of drug-likeness (QED) is 0.663. The Balaban J connectivity index is 2.81. The molecule has 86 valence electrons. The van der Waals surface area contributed by atoms with Crippen molar-refractivity contribution in [3.05, 3.63) is 17.9 Å². The highest BCUT2D eigenvalue weighted by atomic mass is 35.5. The monoisotopic (exact) mass is 245 g/mol. The van der Waals surface area contributed by atoms with Crippen molar-refractivity contribution >= 4 is 35.3 Å². The number of halogens is 1. The van der Waals surface area contributed by atoms with Gasteiger partial charge in [-0.3, -0.25) is 20.2 Å². The molecule has 7 nitrogen and oxygen atoms in total. The Hall–Kier alpha value is -2.02. The van der Waals surface area contributed by atoms with Gasteiger partial charge in [0.25, 0.3) is 5.91 Å². The average molecular weight is 246 g/mol. The smallest absolute Gasteiger partial charge is 0.319 e. The van der Waals surface area contributed by atoms with Gasteiger partial charge in [0.2, 0.25) is 11.8 Å². The van der Waals surface area contributed by atoms with E-state index in [1.165, 1.54) is 12.3 Å². The fourth-order valence-electron chi connectivity index (χ4n) is 0.924. The first-order chi connectivity index (χ1) is 7.54.